The van der Waals surface area contributed by atoms with Crippen molar-refractivity contribution in [2.45, 2.75) is 0 Å². The van der Waals surface area contributed by atoms with Gasteiger partial charge in [-0.1, -0.05) is 12.1 Å². The lowest BCUT2D eigenvalue weighted by Crippen LogP contribution is -2.23. The molecule has 1 heterocycles. The minimum absolute atomic E-state index is 0.145. The SMILES string of the molecule is COc1ccc(-c2nc3ccc(C(=O)OCC(=O)Nc4ccccc4C(N)=O)cc3nc2-c2ccc(OC)cc2)cc1. The summed E-state index contributed by atoms with van der Waals surface area (Å²) >= 11 is 0. The van der Waals surface area contributed by atoms with Crippen molar-refractivity contribution in [1.82, 2.24) is 9.97 Å². The third-order valence-electron chi connectivity index (χ3n) is 6.43. The lowest BCUT2D eigenvalue weighted by molar-refractivity contribution is -0.119. The Balaban J connectivity index is 1.42. The predicted octanol–water partition coefficient (Wildman–Crippen LogP) is 4.88. The molecule has 5 aromatic rings. The van der Waals surface area contributed by atoms with E-state index in [0.29, 0.717) is 33.9 Å². The maximum absolute atomic E-state index is 12.8. The number of nitrogens with two attached hydrogens (primary N) is 1. The van der Waals surface area contributed by atoms with Crippen molar-refractivity contribution in [2.24, 2.45) is 5.73 Å². The second kappa shape index (κ2) is 12.2. The second-order valence-electron chi connectivity index (χ2n) is 9.12. The van der Waals surface area contributed by atoms with Crippen molar-refractivity contribution in [3.05, 3.63) is 102 Å². The minimum atomic E-state index is -0.720. The molecule has 42 heavy (non-hydrogen) atoms. The van der Waals surface area contributed by atoms with E-state index in [1.165, 1.54) is 12.1 Å². The predicted molar refractivity (Wildman–Crippen MR) is 157 cm³/mol. The summed E-state index contributed by atoms with van der Waals surface area (Å²) in [7, 11) is 3.20. The molecule has 0 unspecified atom stereocenters. The van der Waals surface area contributed by atoms with Crippen molar-refractivity contribution >= 4 is 34.5 Å². The summed E-state index contributed by atoms with van der Waals surface area (Å²) in [4.78, 5) is 46.6. The Kier molecular flexibility index (Phi) is 8.05. The van der Waals surface area contributed by atoms with Crippen LogP contribution in [0.25, 0.3) is 33.5 Å². The van der Waals surface area contributed by atoms with Crippen LogP contribution in [0.2, 0.25) is 0 Å². The summed E-state index contributed by atoms with van der Waals surface area (Å²) < 4.78 is 15.8. The van der Waals surface area contributed by atoms with E-state index in [2.05, 4.69) is 5.32 Å². The Hall–Kier alpha value is -5.77. The Morgan fingerprint density at radius 1 is 0.738 bits per heavy atom. The molecule has 1 aromatic heterocycles. The number of fused-ring (bicyclic) bond motifs is 1. The van der Waals surface area contributed by atoms with Crippen LogP contribution in [-0.2, 0) is 9.53 Å². The number of rotatable bonds is 9. The molecular weight excluding hydrogens is 536 g/mol. The second-order valence-corrected chi connectivity index (χ2v) is 9.12. The maximum Gasteiger partial charge on any atom is 0.338 e. The first kappa shape index (κ1) is 27.8. The lowest BCUT2D eigenvalue weighted by Gasteiger charge is -2.12. The van der Waals surface area contributed by atoms with E-state index in [4.69, 9.17) is 29.9 Å². The number of nitrogens with one attached hydrogen (secondary N) is 1. The van der Waals surface area contributed by atoms with Crippen molar-refractivity contribution in [1.29, 1.82) is 0 Å². The zero-order valence-electron chi connectivity index (χ0n) is 22.8. The molecule has 2 amide bonds. The monoisotopic (exact) mass is 562 g/mol. The van der Waals surface area contributed by atoms with Crippen molar-refractivity contribution in [2.75, 3.05) is 26.1 Å². The van der Waals surface area contributed by atoms with Crippen LogP contribution in [0.5, 0.6) is 11.5 Å². The van der Waals surface area contributed by atoms with Gasteiger partial charge in [-0.15, -0.1) is 0 Å². The summed E-state index contributed by atoms with van der Waals surface area (Å²) in [5.41, 5.74) is 9.84. The van der Waals surface area contributed by atoms with E-state index in [-0.39, 0.29) is 16.8 Å². The van der Waals surface area contributed by atoms with Crippen molar-refractivity contribution < 1.29 is 28.6 Å². The molecule has 0 fully saturated rings. The number of para-hydroxylation sites is 1. The number of anilines is 1. The largest absolute Gasteiger partial charge is 0.497 e. The lowest BCUT2D eigenvalue weighted by atomic mass is 10.0. The highest BCUT2D eigenvalue weighted by molar-refractivity contribution is 6.04. The van der Waals surface area contributed by atoms with E-state index in [1.807, 2.05) is 48.5 Å². The first-order chi connectivity index (χ1) is 20.4. The molecule has 0 aliphatic carbocycles. The molecule has 0 bridgehead atoms. The first-order valence-electron chi connectivity index (χ1n) is 12.8. The Labute approximate surface area is 241 Å². The van der Waals surface area contributed by atoms with Crippen molar-refractivity contribution in [3.8, 4) is 34.0 Å². The summed E-state index contributed by atoms with van der Waals surface area (Å²) in [6.07, 6.45) is 0. The fourth-order valence-electron chi connectivity index (χ4n) is 4.29. The number of methoxy groups -OCH3 is 2. The van der Waals surface area contributed by atoms with Gasteiger partial charge in [0.1, 0.15) is 11.5 Å². The summed E-state index contributed by atoms with van der Waals surface area (Å²) in [5, 5.41) is 2.53. The third kappa shape index (κ3) is 6.02. The van der Waals surface area contributed by atoms with Crippen LogP contribution >= 0.6 is 0 Å². The number of nitrogens with zero attached hydrogens (tertiary/aromatic N) is 2. The van der Waals surface area contributed by atoms with Gasteiger partial charge in [0, 0.05) is 11.1 Å². The molecule has 210 valence electrons. The van der Waals surface area contributed by atoms with Gasteiger partial charge in [-0.2, -0.15) is 0 Å². The van der Waals surface area contributed by atoms with E-state index in [9.17, 15) is 14.4 Å². The van der Waals surface area contributed by atoms with Gasteiger partial charge in [0.2, 0.25) is 0 Å². The summed E-state index contributed by atoms with van der Waals surface area (Å²) in [6, 6.07) is 26.0. The molecule has 0 atom stereocenters. The van der Waals surface area contributed by atoms with Gasteiger partial charge in [-0.25, -0.2) is 14.8 Å². The van der Waals surface area contributed by atoms with Gasteiger partial charge in [-0.3, -0.25) is 9.59 Å². The van der Waals surface area contributed by atoms with Gasteiger partial charge in [0.25, 0.3) is 11.8 Å². The number of carbonyl (C=O) groups is 3. The highest BCUT2D eigenvalue weighted by Crippen LogP contribution is 2.33. The number of primary amides is 1. The molecule has 0 spiro atoms. The van der Waals surface area contributed by atoms with Gasteiger partial charge in [0.05, 0.1) is 53.5 Å². The fourth-order valence-corrected chi connectivity index (χ4v) is 4.29. The summed E-state index contributed by atoms with van der Waals surface area (Å²) in [6.45, 7) is -0.566. The molecule has 0 radical (unpaired) electrons. The minimum Gasteiger partial charge on any atom is -0.497 e. The smallest absolute Gasteiger partial charge is 0.338 e. The van der Waals surface area contributed by atoms with Gasteiger partial charge >= 0.3 is 5.97 Å². The fraction of sp³-hybridized carbons (Fsp3) is 0.0938. The molecule has 10 nitrogen and oxygen atoms in total. The van der Waals surface area contributed by atoms with E-state index < -0.39 is 24.4 Å². The van der Waals surface area contributed by atoms with Crippen LogP contribution in [0, 0.1) is 0 Å². The molecule has 10 heteroatoms. The van der Waals surface area contributed by atoms with Crippen LogP contribution in [0.4, 0.5) is 5.69 Å². The van der Waals surface area contributed by atoms with Gasteiger partial charge in [0.15, 0.2) is 6.61 Å². The van der Waals surface area contributed by atoms with Crippen LogP contribution in [0.15, 0.2) is 91.0 Å². The molecule has 0 aliphatic heterocycles. The highest BCUT2D eigenvalue weighted by atomic mass is 16.5. The number of hydrogen-bond donors (Lipinski definition) is 2. The molecule has 4 aromatic carbocycles. The van der Waals surface area contributed by atoms with E-state index in [0.717, 1.165) is 11.1 Å². The number of carbonyl (C=O) groups excluding carboxylic acids is 3. The van der Waals surface area contributed by atoms with Crippen LogP contribution in [0.3, 0.4) is 0 Å². The molecule has 3 N–H and O–H groups in total. The van der Waals surface area contributed by atoms with Crippen LogP contribution in [0.1, 0.15) is 20.7 Å². The van der Waals surface area contributed by atoms with Crippen LogP contribution in [-0.4, -0.2) is 48.6 Å². The molecule has 5 rings (SSSR count). The molecule has 0 aliphatic rings. The summed E-state index contributed by atoms with van der Waals surface area (Å²) in [5.74, 6) is -0.617. The average Bonchev–Trinajstić information content (AvgIpc) is 3.03. The first-order valence-corrected chi connectivity index (χ1v) is 12.8. The van der Waals surface area contributed by atoms with Gasteiger partial charge < -0.3 is 25.3 Å². The van der Waals surface area contributed by atoms with Crippen LogP contribution < -0.4 is 20.5 Å². The molecule has 0 saturated carbocycles. The van der Waals surface area contributed by atoms with Crippen molar-refractivity contribution in [3.63, 3.8) is 0 Å². The zero-order chi connectivity index (χ0) is 29.6. The topological polar surface area (TPSA) is 143 Å². The normalized spacial score (nSPS) is 10.6. The quantitative estimate of drug-likeness (QED) is 0.242. The number of amides is 2. The van der Waals surface area contributed by atoms with E-state index >= 15 is 0 Å². The molecular formula is C32H26N4O6. The highest BCUT2D eigenvalue weighted by Gasteiger charge is 2.17. The standard InChI is InChI=1S/C32H26N4O6/c1-40-22-12-7-19(8-13-22)29-30(20-9-14-23(41-2)15-10-20)36-27-17-21(11-16-26(27)35-29)32(39)42-18-28(37)34-25-6-4-3-5-24(25)31(33)38/h3-17H,18H2,1-2H3,(H2,33,38)(H,34,37). The Bertz CT molecular complexity index is 1790. The maximum atomic E-state index is 12.8. The number of aromatic nitrogens is 2. The Morgan fingerprint density at radius 3 is 1.88 bits per heavy atom. The number of benzene rings is 4. The van der Waals surface area contributed by atoms with Gasteiger partial charge in [-0.05, 0) is 78.9 Å². The number of hydrogen-bond acceptors (Lipinski definition) is 8. The molecule has 0 saturated heterocycles. The zero-order valence-corrected chi connectivity index (χ0v) is 22.8. The number of ether oxygens (including phenoxy) is 3. The Morgan fingerprint density at radius 2 is 1.31 bits per heavy atom. The third-order valence-corrected chi connectivity index (χ3v) is 6.43. The average molecular weight is 563 g/mol. The van der Waals surface area contributed by atoms with E-state index in [1.54, 1.807) is 44.6 Å². The number of esters is 1.